The molecule has 1 aromatic carbocycles. The molecule has 3 rings (SSSR count). The number of H-pyrrole nitrogens is 1. The number of carbonyl (C=O) groups is 1. The van der Waals surface area contributed by atoms with Crippen LogP contribution in [0.25, 0.3) is 11.1 Å². The largest absolute Gasteiger partial charge is 0.454 e. The molecule has 128 valence electrons. The zero-order valence-electron chi connectivity index (χ0n) is 13.5. The summed E-state index contributed by atoms with van der Waals surface area (Å²) in [5, 5.41) is 9.78. The number of ether oxygens (including phenoxy) is 2. The first-order chi connectivity index (χ1) is 11.8. The topological polar surface area (TPSA) is 102 Å². The monoisotopic (exact) mass is 330 g/mol. The van der Waals surface area contributed by atoms with Crippen molar-refractivity contribution in [2.45, 2.75) is 32.1 Å². The molecule has 7 heteroatoms. The maximum Gasteiger partial charge on any atom is 0.231 e. The molecule has 0 atom stereocenters. The van der Waals surface area contributed by atoms with Crippen molar-refractivity contribution in [1.29, 1.82) is 0 Å². The molecule has 2 heterocycles. The van der Waals surface area contributed by atoms with Gasteiger partial charge in [0, 0.05) is 12.0 Å². The van der Waals surface area contributed by atoms with E-state index >= 15 is 0 Å². The molecule has 1 amide bonds. The van der Waals surface area contributed by atoms with Crippen LogP contribution in [0.4, 0.5) is 5.82 Å². The van der Waals surface area contributed by atoms with Crippen molar-refractivity contribution in [3.8, 4) is 22.6 Å². The Morgan fingerprint density at radius 3 is 2.92 bits per heavy atom. The zero-order valence-corrected chi connectivity index (χ0v) is 13.5. The van der Waals surface area contributed by atoms with Crippen LogP contribution in [-0.4, -0.2) is 29.4 Å². The van der Waals surface area contributed by atoms with Crippen LogP contribution in [0.15, 0.2) is 24.4 Å². The highest BCUT2D eigenvalue weighted by molar-refractivity contribution is 5.94. The van der Waals surface area contributed by atoms with E-state index in [1.165, 1.54) is 0 Å². The Hall–Kier alpha value is -2.54. The van der Waals surface area contributed by atoms with Crippen molar-refractivity contribution < 1.29 is 14.3 Å². The van der Waals surface area contributed by atoms with Crippen molar-refractivity contribution in [3.05, 3.63) is 24.4 Å². The molecule has 0 saturated carbocycles. The Bertz CT molecular complexity index is 699. The lowest BCUT2D eigenvalue weighted by molar-refractivity contribution is -0.116. The van der Waals surface area contributed by atoms with Gasteiger partial charge in [-0.15, -0.1) is 0 Å². The van der Waals surface area contributed by atoms with E-state index in [0.29, 0.717) is 24.5 Å². The van der Waals surface area contributed by atoms with Gasteiger partial charge in [0.25, 0.3) is 0 Å². The summed E-state index contributed by atoms with van der Waals surface area (Å²) in [5.41, 5.74) is 7.19. The van der Waals surface area contributed by atoms with Gasteiger partial charge in [-0.25, -0.2) is 0 Å². The number of nitrogens with one attached hydrogen (secondary N) is 2. The van der Waals surface area contributed by atoms with E-state index in [1.807, 2.05) is 18.2 Å². The number of carbonyl (C=O) groups excluding carboxylic acids is 1. The van der Waals surface area contributed by atoms with Crippen molar-refractivity contribution in [2.24, 2.45) is 5.73 Å². The molecule has 0 bridgehead atoms. The van der Waals surface area contributed by atoms with Crippen LogP contribution in [0.3, 0.4) is 0 Å². The van der Waals surface area contributed by atoms with Crippen LogP contribution in [0, 0.1) is 0 Å². The number of unbranched alkanes of at least 4 members (excludes halogenated alkanes) is 3. The Kier molecular flexibility index (Phi) is 5.32. The minimum absolute atomic E-state index is 0.0195. The summed E-state index contributed by atoms with van der Waals surface area (Å²) in [7, 11) is 0. The molecule has 0 fully saturated rings. The van der Waals surface area contributed by atoms with Gasteiger partial charge in [0.15, 0.2) is 11.5 Å². The third-order valence-electron chi connectivity index (χ3n) is 3.95. The molecule has 0 aliphatic carbocycles. The Balaban J connectivity index is 1.60. The van der Waals surface area contributed by atoms with Crippen LogP contribution in [0.5, 0.6) is 11.5 Å². The van der Waals surface area contributed by atoms with Crippen LogP contribution >= 0.6 is 0 Å². The molecule has 0 radical (unpaired) electrons. The van der Waals surface area contributed by atoms with Gasteiger partial charge in [-0.05, 0) is 37.1 Å². The summed E-state index contributed by atoms with van der Waals surface area (Å²) in [6.45, 7) is 0.942. The van der Waals surface area contributed by atoms with Crippen molar-refractivity contribution in [1.82, 2.24) is 10.2 Å². The number of hydrogen-bond donors (Lipinski definition) is 3. The van der Waals surface area contributed by atoms with Gasteiger partial charge in [-0.1, -0.05) is 18.9 Å². The minimum atomic E-state index is -0.0195. The molecule has 1 aromatic heterocycles. The molecule has 24 heavy (non-hydrogen) atoms. The molecule has 4 N–H and O–H groups in total. The summed E-state index contributed by atoms with van der Waals surface area (Å²) in [6.07, 6.45) is 6.13. The van der Waals surface area contributed by atoms with Crippen LogP contribution < -0.4 is 20.5 Å². The highest BCUT2D eigenvalue weighted by Gasteiger charge is 2.17. The first-order valence-corrected chi connectivity index (χ1v) is 8.21. The second-order valence-corrected chi connectivity index (χ2v) is 5.73. The number of aromatic amines is 1. The fourth-order valence-corrected chi connectivity index (χ4v) is 2.65. The third-order valence-corrected chi connectivity index (χ3v) is 3.95. The van der Waals surface area contributed by atoms with Gasteiger partial charge < -0.3 is 20.5 Å². The first-order valence-electron chi connectivity index (χ1n) is 8.21. The van der Waals surface area contributed by atoms with E-state index in [4.69, 9.17) is 15.2 Å². The molecule has 0 spiro atoms. The maximum atomic E-state index is 12.1. The molecular formula is C17H22N4O3. The molecule has 2 aromatic rings. The van der Waals surface area contributed by atoms with Gasteiger partial charge in [0.05, 0.1) is 6.20 Å². The first kappa shape index (κ1) is 16.3. The van der Waals surface area contributed by atoms with E-state index < -0.39 is 0 Å². The van der Waals surface area contributed by atoms with Gasteiger partial charge in [-0.2, -0.15) is 5.10 Å². The normalized spacial score (nSPS) is 12.4. The zero-order chi connectivity index (χ0) is 16.8. The second kappa shape index (κ2) is 7.83. The number of anilines is 1. The summed E-state index contributed by atoms with van der Waals surface area (Å²) in [5.74, 6) is 2.01. The SMILES string of the molecule is NCCCCCCC(=O)Nc1[nH]ncc1-c1ccc2c(c1)OCO2. The average molecular weight is 330 g/mol. The predicted molar refractivity (Wildman–Crippen MR) is 90.9 cm³/mol. The van der Waals surface area contributed by atoms with Crippen LogP contribution in [-0.2, 0) is 4.79 Å². The number of amides is 1. The molecular weight excluding hydrogens is 308 g/mol. The molecule has 1 aliphatic heterocycles. The van der Waals surface area contributed by atoms with Crippen molar-refractivity contribution in [3.63, 3.8) is 0 Å². The lowest BCUT2D eigenvalue weighted by atomic mass is 10.1. The van der Waals surface area contributed by atoms with Gasteiger partial charge in [0.1, 0.15) is 5.82 Å². The number of hydrogen-bond acceptors (Lipinski definition) is 5. The van der Waals surface area contributed by atoms with Gasteiger partial charge in [-0.3, -0.25) is 9.89 Å². The fraction of sp³-hybridized carbons (Fsp3) is 0.412. The number of rotatable bonds is 8. The number of fused-ring (bicyclic) bond motifs is 1. The Morgan fingerprint density at radius 1 is 1.21 bits per heavy atom. The van der Waals surface area contributed by atoms with Crippen LogP contribution in [0.1, 0.15) is 32.1 Å². The van der Waals surface area contributed by atoms with E-state index in [-0.39, 0.29) is 12.7 Å². The number of benzene rings is 1. The number of nitrogens with two attached hydrogens (primary N) is 1. The molecule has 1 aliphatic rings. The van der Waals surface area contributed by atoms with Crippen molar-refractivity contribution >= 4 is 11.7 Å². The third kappa shape index (κ3) is 3.86. The lowest BCUT2D eigenvalue weighted by Gasteiger charge is -2.07. The summed E-state index contributed by atoms with van der Waals surface area (Å²) in [6, 6.07) is 5.66. The molecule has 0 unspecified atom stereocenters. The smallest absolute Gasteiger partial charge is 0.231 e. The highest BCUT2D eigenvalue weighted by Crippen LogP contribution is 2.37. The van der Waals surface area contributed by atoms with E-state index in [2.05, 4.69) is 15.5 Å². The molecule has 7 nitrogen and oxygen atoms in total. The van der Waals surface area contributed by atoms with E-state index in [1.54, 1.807) is 6.20 Å². The Morgan fingerprint density at radius 2 is 2.04 bits per heavy atom. The summed E-state index contributed by atoms with van der Waals surface area (Å²) >= 11 is 0. The minimum Gasteiger partial charge on any atom is -0.454 e. The van der Waals surface area contributed by atoms with Crippen LogP contribution in [0.2, 0.25) is 0 Å². The average Bonchev–Trinajstić information content (AvgIpc) is 3.22. The van der Waals surface area contributed by atoms with E-state index in [9.17, 15) is 4.79 Å². The second-order valence-electron chi connectivity index (χ2n) is 5.73. The van der Waals surface area contributed by atoms with Gasteiger partial charge >= 0.3 is 0 Å². The maximum absolute atomic E-state index is 12.1. The quantitative estimate of drug-likeness (QED) is 0.646. The predicted octanol–water partition coefficient (Wildman–Crippen LogP) is 2.65. The fourth-order valence-electron chi connectivity index (χ4n) is 2.65. The number of aromatic nitrogens is 2. The summed E-state index contributed by atoms with van der Waals surface area (Å²) in [4.78, 5) is 12.1. The molecule has 0 saturated heterocycles. The number of nitrogens with zero attached hydrogens (tertiary/aromatic N) is 1. The highest BCUT2D eigenvalue weighted by atomic mass is 16.7. The standard InChI is InChI=1S/C17H22N4O3/c18-8-4-2-1-3-5-16(22)20-17-13(10-19-21-17)12-6-7-14-15(9-12)24-11-23-14/h6-7,9-10H,1-5,8,11,18H2,(H2,19,20,21,22). The summed E-state index contributed by atoms with van der Waals surface area (Å²) < 4.78 is 10.7. The van der Waals surface area contributed by atoms with E-state index in [0.717, 1.165) is 42.6 Å². The lowest BCUT2D eigenvalue weighted by Crippen LogP contribution is -2.12. The van der Waals surface area contributed by atoms with Crippen molar-refractivity contribution in [2.75, 3.05) is 18.7 Å². The van der Waals surface area contributed by atoms with Gasteiger partial charge in [0.2, 0.25) is 12.7 Å². The Labute approximate surface area is 140 Å².